The maximum atomic E-state index is 15.8. The van der Waals surface area contributed by atoms with Gasteiger partial charge in [-0.25, -0.2) is 9.18 Å². The van der Waals surface area contributed by atoms with Crippen LogP contribution in [0.3, 0.4) is 0 Å². The Morgan fingerprint density at radius 3 is 1.86 bits per heavy atom. The first-order chi connectivity index (χ1) is 17.8. The highest BCUT2D eigenvalue weighted by Crippen LogP contribution is 2.44. The van der Waals surface area contributed by atoms with Crippen molar-refractivity contribution in [1.29, 1.82) is 0 Å². The Morgan fingerprint density at radius 2 is 1.41 bits per heavy atom. The van der Waals surface area contributed by atoms with Gasteiger partial charge in [0.2, 0.25) is 0 Å². The molecule has 4 aromatic rings. The van der Waals surface area contributed by atoms with Crippen molar-refractivity contribution in [2.24, 2.45) is 0 Å². The first kappa shape index (κ1) is 24.8. The molecule has 1 aromatic heterocycles. The Bertz CT molecular complexity index is 1360. The summed E-state index contributed by atoms with van der Waals surface area (Å²) in [5.74, 6) is 0. The van der Waals surface area contributed by atoms with Crippen molar-refractivity contribution in [3.8, 4) is 0 Å². The lowest BCUT2D eigenvalue weighted by atomic mass is 9.80. The number of H-pyrrole nitrogens is 1. The van der Waals surface area contributed by atoms with Crippen molar-refractivity contribution in [2.45, 2.75) is 36.6 Å². The van der Waals surface area contributed by atoms with Gasteiger partial charge in [-0.2, -0.15) is 0 Å². The second kappa shape index (κ2) is 9.89. The number of aromatic nitrogens is 2. The Hall–Kier alpha value is -3.85. The van der Waals surface area contributed by atoms with Crippen LogP contribution in [0.1, 0.15) is 29.8 Å². The second-order valence-electron chi connectivity index (χ2n) is 9.23. The minimum Gasteiger partial charge on any atom is -0.387 e. The lowest BCUT2D eigenvalue weighted by molar-refractivity contribution is -0.0968. The number of halogens is 1. The number of aliphatic hydroxyl groups excluding tert-OH is 1. The number of aliphatic hydroxyl groups is 1. The van der Waals surface area contributed by atoms with Crippen LogP contribution in [0.2, 0.25) is 0 Å². The number of rotatable bonds is 7. The Kier molecular flexibility index (Phi) is 6.64. The minimum atomic E-state index is -2.33. The van der Waals surface area contributed by atoms with Crippen molar-refractivity contribution in [2.75, 3.05) is 6.61 Å². The number of alkyl halides is 1. The zero-order valence-electron chi connectivity index (χ0n) is 20.2. The normalized spacial score (nSPS) is 23.7. The molecule has 4 atom stereocenters. The monoisotopic (exact) mass is 502 g/mol. The number of benzene rings is 3. The summed E-state index contributed by atoms with van der Waals surface area (Å²) in [6, 6.07) is 30.0. The van der Waals surface area contributed by atoms with Crippen LogP contribution in [0.4, 0.5) is 4.39 Å². The molecule has 1 aliphatic heterocycles. The van der Waals surface area contributed by atoms with E-state index in [1.54, 1.807) is 0 Å². The molecule has 2 heterocycles. The summed E-state index contributed by atoms with van der Waals surface area (Å²) in [6.07, 6.45) is -3.01. The lowest BCUT2D eigenvalue weighted by Crippen LogP contribution is -2.44. The lowest BCUT2D eigenvalue weighted by Gasteiger charge is -2.37. The van der Waals surface area contributed by atoms with Crippen LogP contribution < -0.4 is 11.2 Å². The number of ether oxygens (including phenoxy) is 2. The molecule has 1 fully saturated rings. The fraction of sp³-hybridized carbons (Fsp3) is 0.241. The molecule has 2 N–H and O–H groups in total. The average molecular weight is 503 g/mol. The van der Waals surface area contributed by atoms with Crippen molar-refractivity contribution in [3.05, 3.63) is 141 Å². The predicted octanol–water partition coefficient (Wildman–Crippen LogP) is 3.53. The van der Waals surface area contributed by atoms with E-state index in [1.165, 1.54) is 6.92 Å². The third-order valence-corrected chi connectivity index (χ3v) is 6.83. The first-order valence-corrected chi connectivity index (χ1v) is 12.0. The molecule has 1 saturated heterocycles. The topological polar surface area (TPSA) is 93.5 Å². The highest BCUT2D eigenvalue weighted by molar-refractivity contribution is 5.47. The Morgan fingerprint density at radius 1 is 0.919 bits per heavy atom. The molecule has 0 amide bonds. The van der Waals surface area contributed by atoms with Gasteiger partial charge in [0.15, 0.2) is 11.9 Å². The Balaban J connectivity index is 1.55. The number of aromatic amines is 1. The van der Waals surface area contributed by atoms with E-state index in [1.807, 2.05) is 91.0 Å². The van der Waals surface area contributed by atoms with Gasteiger partial charge in [0.25, 0.3) is 5.56 Å². The van der Waals surface area contributed by atoms with Crippen molar-refractivity contribution < 1.29 is 19.0 Å². The smallest absolute Gasteiger partial charge is 0.330 e. The van der Waals surface area contributed by atoms with Crippen LogP contribution >= 0.6 is 0 Å². The molecule has 0 aliphatic carbocycles. The summed E-state index contributed by atoms with van der Waals surface area (Å²) in [7, 11) is 0. The van der Waals surface area contributed by atoms with E-state index in [4.69, 9.17) is 9.47 Å². The summed E-state index contributed by atoms with van der Waals surface area (Å²) in [5, 5.41) is 10.9. The summed E-state index contributed by atoms with van der Waals surface area (Å²) in [6.45, 7) is 0.979. The largest absolute Gasteiger partial charge is 0.387 e. The van der Waals surface area contributed by atoms with Crippen LogP contribution in [0.15, 0.2) is 113 Å². The minimum absolute atomic E-state index is 0.187. The van der Waals surface area contributed by atoms with Crippen LogP contribution in [0, 0.1) is 0 Å². The molecular formula is C29H27FN2O5. The molecular weight excluding hydrogens is 475 g/mol. The maximum absolute atomic E-state index is 15.8. The van der Waals surface area contributed by atoms with Gasteiger partial charge >= 0.3 is 5.69 Å². The maximum Gasteiger partial charge on any atom is 0.330 e. The average Bonchev–Trinajstić information content (AvgIpc) is 3.14. The van der Waals surface area contributed by atoms with Gasteiger partial charge in [-0.15, -0.1) is 0 Å². The van der Waals surface area contributed by atoms with E-state index in [-0.39, 0.29) is 6.61 Å². The van der Waals surface area contributed by atoms with Crippen LogP contribution in [0.25, 0.3) is 0 Å². The summed E-state index contributed by atoms with van der Waals surface area (Å²) >= 11 is 0. The van der Waals surface area contributed by atoms with Crippen LogP contribution in [0.5, 0.6) is 0 Å². The number of hydrogen-bond acceptors (Lipinski definition) is 5. The van der Waals surface area contributed by atoms with Gasteiger partial charge < -0.3 is 14.6 Å². The molecule has 3 aromatic carbocycles. The fourth-order valence-electron chi connectivity index (χ4n) is 4.94. The quantitative estimate of drug-likeness (QED) is 0.377. The third-order valence-electron chi connectivity index (χ3n) is 6.83. The molecule has 190 valence electrons. The Labute approximate surface area is 212 Å². The van der Waals surface area contributed by atoms with Gasteiger partial charge in [0, 0.05) is 12.3 Å². The van der Waals surface area contributed by atoms with Gasteiger partial charge in [0.1, 0.15) is 17.8 Å². The van der Waals surface area contributed by atoms with Crippen molar-refractivity contribution in [3.63, 3.8) is 0 Å². The van der Waals surface area contributed by atoms with Crippen molar-refractivity contribution >= 4 is 0 Å². The molecule has 0 saturated carbocycles. The van der Waals surface area contributed by atoms with E-state index in [2.05, 4.69) is 4.98 Å². The molecule has 0 bridgehead atoms. The molecule has 5 rings (SSSR count). The first-order valence-electron chi connectivity index (χ1n) is 12.0. The fourth-order valence-corrected chi connectivity index (χ4v) is 4.94. The van der Waals surface area contributed by atoms with Crippen LogP contribution in [-0.2, 0) is 15.1 Å². The molecule has 0 spiro atoms. The van der Waals surface area contributed by atoms with Gasteiger partial charge in [-0.05, 0) is 23.6 Å². The second-order valence-corrected chi connectivity index (χ2v) is 9.23. The number of nitrogens with one attached hydrogen (secondary N) is 1. The van der Waals surface area contributed by atoms with E-state index in [0.717, 1.165) is 33.5 Å². The molecule has 37 heavy (non-hydrogen) atoms. The van der Waals surface area contributed by atoms with Gasteiger partial charge in [0.05, 0.1) is 6.61 Å². The molecule has 8 heteroatoms. The summed E-state index contributed by atoms with van der Waals surface area (Å²) < 4.78 is 29.3. The molecule has 2 unspecified atom stereocenters. The summed E-state index contributed by atoms with van der Waals surface area (Å²) in [5.41, 5.74) is -2.33. The van der Waals surface area contributed by atoms with Gasteiger partial charge in [-0.1, -0.05) is 91.0 Å². The highest BCUT2D eigenvalue weighted by atomic mass is 19.1. The molecule has 0 radical (unpaired) electrons. The van der Waals surface area contributed by atoms with E-state index < -0.39 is 41.0 Å². The standard InChI is InChI=1S/C29H27FN2O5/c1-28(30)25(34)23(37-26(28)32-18-17-24(33)31-27(32)35)19-36-29(20-11-5-2-6-12-20,21-13-7-3-8-14-21)22-15-9-4-10-16-22/h2-18,23,25-26,34H,19H2,1H3,(H,31,33,35)/t23-,25?,26?,28-/m1/s1. The highest BCUT2D eigenvalue weighted by Gasteiger charge is 2.56. The molecule has 1 aliphatic rings. The van der Waals surface area contributed by atoms with E-state index >= 15 is 4.39 Å². The SMILES string of the molecule is C[C@@]1(F)C(O)[C@@H](COC(c2ccccc2)(c2ccccc2)c2ccccc2)OC1n1ccc(=O)[nH]c1=O. The van der Waals surface area contributed by atoms with E-state index in [9.17, 15) is 14.7 Å². The van der Waals surface area contributed by atoms with Gasteiger partial charge in [-0.3, -0.25) is 14.3 Å². The van der Waals surface area contributed by atoms with E-state index in [0.29, 0.717) is 0 Å². The number of nitrogens with zero attached hydrogens (tertiary/aromatic N) is 1. The predicted molar refractivity (Wildman–Crippen MR) is 136 cm³/mol. The zero-order valence-corrected chi connectivity index (χ0v) is 20.2. The third kappa shape index (κ3) is 4.44. The summed E-state index contributed by atoms with van der Waals surface area (Å²) in [4.78, 5) is 25.9. The number of hydrogen-bond donors (Lipinski definition) is 2. The van der Waals surface area contributed by atoms with Crippen molar-refractivity contribution in [1.82, 2.24) is 9.55 Å². The zero-order chi connectivity index (χ0) is 26.0. The van der Waals surface area contributed by atoms with Crippen LogP contribution in [-0.4, -0.2) is 39.1 Å². The molecule has 7 nitrogen and oxygen atoms in total.